The maximum atomic E-state index is 13.7. The average molecular weight is 511 g/mol. The number of carbonyl (C=O) groups is 1. The van der Waals surface area contributed by atoms with Crippen molar-refractivity contribution in [2.75, 3.05) is 25.1 Å². The van der Waals surface area contributed by atoms with Gasteiger partial charge in [-0.25, -0.2) is 8.42 Å². The highest BCUT2D eigenvalue weighted by Gasteiger charge is 2.30. The summed E-state index contributed by atoms with van der Waals surface area (Å²) in [6.45, 7) is 5.61. The van der Waals surface area contributed by atoms with Crippen molar-refractivity contribution in [1.82, 2.24) is 5.32 Å². The fourth-order valence-corrected chi connectivity index (χ4v) is 5.42. The van der Waals surface area contributed by atoms with Crippen molar-refractivity contribution in [2.45, 2.75) is 38.1 Å². The third-order valence-electron chi connectivity index (χ3n) is 5.78. The molecule has 8 heteroatoms. The van der Waals surface area contributed by atoms with E-state index in [-0.39, 0.29) is 10.9 Å². The second-order valence-corrected chi connectivity index (χ2v) is 10.9. The van der Waals surface area contributed by atoms with Gasteiger partial charge in [0.2, 0.25) is 5.91 Å². The topological polar surface area (TPSA) is 84.9 Å². The average Bonchev–Trinajstić information content (AvgIpc) is 2.87. The molecular formula is C28H34N2O5S. The van der Waals surface area contributed by atoms with Gasteiger partial charge in [-0.05, 0) is 66.8 Å². The number of sulfonamides is 1. The van der Waals surface area contributed by atoms with Crippen LogP contribution in [0, 0.1) is 12.8 Å². The van der Waals surface area contributed by atoms with Crippen LogP contribution in [0.1, 0.15) is 37.4 Å². The normalized spacial score (nSPS) is 12.2. The Labute approximate surface area is 214 Å². The van der Waals surface area contributed by atoms with Gasteiger partial charge in [0.15, 0.2) is 0 Å². The molecule has 0 aliphatic rings. The maximum absolute atomic E-state index is 13.7. The second-order valence-electron chi connectivity index (χ2n) is 9.02. The molecule has 3 aromatic rings. The lowest BCUT2D eigenvalue weighted by Crippen LogP contribution is -2.42. The highest BCUT2D eigenvalue weighted by Crippen LogP contribution is 2.33. The monoisotopic (exact) mass is 510 g/mol. The molecule has 1 amide bonds. The largest absolute Gasteiger partial charge is 0.497 e. The number of hydrogen-bond acceptors (Lipinski definition) is 5. The number of aryl methyl sites for hydroxylation is 1. The van der Waals surface area contributed by atoms with E-state index in [2.05, 4.69) is 19.2 Å². The van der Waals surface area contributed by atoms with Crippen LogP contribution in [-0.2, 0) is 14.8 Å². The molecule has 0 bridgehead atoms. The van der Waals surface area contributed by atoms with Gasteiger partial charge >= 0.3 is 0 Å². The predicted octanol–water partition coefficient (Wildman–Crippen LogP) is 5.11. The van der Waals surface area contributed by atoms with Crippen molar-refractivity contribution in [3.63, 3.8) is 0 Å². The van der Waals surface area contributed by atoms with Crippen LogP contribution in [0.25, 0.3) is 0 Å². The Morgan fingerprint density at radius 3 is 2.19 bits per heavy atom. The molecule has 1 atom stereocenters. The van der Waals surface area contributed by atoms with E-state index >= 15 is 0 Å². The van der Waals surface area contributed by atoms with Crippen molar-refractivity contribution in [3.05, 3.63) is 83.9 Å². The zero-order chi connectivity index (χ0) is 26.3. The summed E-state index contributed by atoms with van der Waals surface area (Å²) in [4.78, 5) is 13.5. The number of anilines is 1. The lowest BCUT2D eigenvalue weighted by atomic mass is 9.97. The van der Waals surface area contributed by atoms with Crippen molar-refractivity contribution in [3.8, 4) is 11.5 Å². The van der Waals surface area contributed by atoms with Gasteiger partial charge in [-0.15, -0.1) is 0 Å². The Bertz CT molecular complexity index is 1260. The Kier molecular flexibility index (Phi) is 8.98. The first-order valence-electron chi connectivity index (χ1n) is 11.8. The quantitative estimate of drug-likeness (QED) is 0.387. The van der Waals surface area contributed by atoms with Crippen molar-refractivity contribution < 1.29 is 22.7 Å². The molecule has 0 saturated carbocycles. The molecule has 0 spiro atoms. The van der Waals surface area contributed by atoms with E-state index in [1.165, 1.54) is 19.2 Å². The van der Waals surface area contributed by atoms with Crippen LogP contribution >= 0.6 is 0 Å². The molecule has 0 aromatic heterocycles. The van der Waals surface area contributed by atoms with Gasteiger partial charge in [0.05, 0.1) is 30.8 Å². The van der Waals surface area contributed by atoms with Gasteiger partial charge in [-0.3, -0.25) is 9.10 Å². The number of benzene rings is 3. The summed E-state index contributed by atoms with van der Waals surface area (Å²) >= 11 is 0. The Hall–Kier alpha value is -3.52. The minimum atomic E-state index is -4.06. The lowest BCUT2D eigenvalue weighted by Gasteiger charge is -2.28. The molecular weight excluding hydrogens is 476 g/mol. The molecule has 36 heavy (non-hydrogen) atoms. The molecule has 0 aliphatic heterocycles. The van der Waals surface area contributed by atoms with E-state index in [0.29, 0.717) is 23.8 Å². The molecule has 0 radical (unpaired) electrons. The second kappa shape index (κ2) is 11.9. The maximum Gasteiger partial charge on any atom is 0.264 e. The van der Waals surface area contributed by atoms with E-state index in [4.69, 9.17) is 9.47 Å². The van der Waals surface area contributed by atoms with E-state index in [9.17, 15) is 13.2 Å². The smallest absolute Gasteiger partial charge is 0.264 e. The number of rotatable bonds is 11. The number of amides is 1. The number of ether oxygens (including phenoxy) is 2. The summed E-state index contributed by atoms with van der Waals surface area (Å²) in [6.07, 6.45) is 0.692. The summed E-state index contributed by atoms with van der Waals surface area (Å²) in [5, 5.41) is 3.05. The highest BCUT2D eigenvalue weighted by atomic mass is 32.2. The summed E-state index contributed by atoms with van der Waals surface area (Å²) in [5.41, 5.74) is 2.07. The van der Waals surface area contributed by atoms with E-state index in [0.717, 1.165) is 21.2 Å². The molecule has 3 rings (SSSR count). The highest BCUT2D eigenvalue weighted by molar-refractivity contribution is 7.92. The first-order valence-corrected chi connectivity index (χ1v) is 13.3. The van der Waals surface area contributed by atoms with Crippen LogP contribution in [0.3, 0.4) is 0 Å². The van der Waals surface area contributed by atoms with E-state index in [1.54, 1.807) is 37.4 Å². The summed E-state index contributed by atoms with van der Waals surface area (Å²) in [5.74, 6) is 0.972. The Morgan fingerprint density at radius 1 is 0.944 bits per heavy atom. The molecule has 0 heterocycles. The van der Waals surface area contributed by atoms with Gasteiger partial charge < -0.3 is 14.8 Å². The van der Waals surface area contributed by atoms with Crippen LogP contribution in [0.4, 0.5) is 5.69 Å². The van der Waals surface area contributed by atoms with Crippen LogP contribution in [0.5, 0.6) is 11.5 Å². The van der Waals surface area contributed by atoms with Crippen LogP contribution in [0.15, 0.2) is 77.7 Å². The number of methoxy groups -OCH3 is 2. The van der Waals surface area contributed by atoms with Gasteiger partial charge in [0.25, 0.3) is 10.0 Å². The molecule has 1 N–H and O–H groups in total. The number of nitrogens with zero attached hydrogens (tertiary/aromatic N) is 1. The molecule has 0 aliphatic carbocycles. The molecule has 7 nitrogen and oxygen atoms in total. The van der Waals surface area contributed by atoms with Crippen molar-refractivity contribution in [1.29, 1.82) is 0 Å². The number of hydrogen-bond donors (Lipinski definition) is 1. The van der Waals surface area contributed by atoms with Gasteiger partial charge in [-0.1, -0.05) is 50.2 Å². The van der Waals surface area contributed by atoms with Crippen molar-refractivity contribution >= 4 is 21.6 Å². The fourth-order valence-electron chi connectivity index (χ4n) is 3.97. The molecule has 0 fully saturated rings. The van der Waals surface area contributed by atoms with E-state index in [1.807, 2.05) is 37.3 Å². The fraction of sp³-hybridized carbons (Fsp3) is 0.321. The third-order valence-corrected chi connectivity index (χ3v) is 7.56. The van der Waals surface area contributed by atoms with Gasteiger partial charge in [0.1, 0.15) is 18.0 Å². The Balaban J connectivity index is 1.97. The van der Waals surface area contributed by atoms with Gasteiger partial charge in [-0.2, -0.15) is 0 Å². The van der Waals surface area contributed by atoms with Crippen molar-refractivity contribution in [2.24, 2.45) is 5.92 Å². The molecule has 3 aromatic carbocycles. The molecule has 0 saturated heterocycles. The van der Waals surface area contributed by atoms with Gasteiger partial charge in [0, 0.05) is 0 Å². The third kappa shape index (κ3) is 6.57. The number of nitrogens with one attached hydrogen (secondary N) is 1. The zero-order valence-corrected chi connectivity index (χ0v) is 22.2. The van der Waals surface area contributed by atoms with E-state index < -0.39 is 22.5 Å². The summed E-state index contributed by atoms with van der Waals surface area (Å²) in [7, 11) is -0.978. The SMILES string of the molecule is COc1ccc([C@@H](CC(C)C)NC(=O)CN(c2cc(C)ccc2OC)S(=O)(=O)c2ccccc2)cc1. The summed E-state index contributed by atoms with van der Waals surface area (Å²) in [6, 6.07) is 20.6. The van der Waals surface area contributed by atoms with Crippen LogP contribution in [0.2, 0.25) is 0 Å². The lowest BCUT2D eigenvalue weighted by molar-refractivity contribution is -0.120. The standard InChI is InChI=1S/C28H34N2O5S/c1-20(2)17-25(22-12-14-23(34-4)15-13-22)29-28(31)19-30(26-18-21(3)11-16-27(26)35-5)36(32,33)24-9-7-6-8-10-24/h6-16,18,20,25H,17,19H2,1-5H3,(H,29,31)/t25-/m1/s1. The first kappa shape index (κ1) is 27.1. The molecule has 0 unspecified atom stereocenters. The Morgan fingerprint density at radius 2 is 1.61 bits per heavy atom. The van der Waals surface area contributed by atoms with Crippen LogP contribution < -0.4 is 19.1 Å². The predicted molar refractivity (Wildman–Crippen MR) is 142 cm³/mol. The number of carbonyl (C=O) groups excluding carboxylic acids is 1. The summed E-state index contributed by atoms with van der Waals surface area (Å²) < 4.78 is 39.3. The minimum Gasteiger partial charge on any atom is -0.497 e. The van der Waals surface area contributed by atoms with Crippen LogP contribution in [-0.4, -0.2) is 35.1 Å². The zero-order valence-electron chi connectivity index (χ0n) is 21.4. The first-order chi connectivity index (χ1) is 17.1. The minimum absolute atomic E-state index is 0.0928. The molecule has 192 valence electrons.